The predicted molar refractivity (Wildman–Crippen MR) is 148 cm³/mol. The number of aliphatic carboxylic acids is 1. The van der Waals surface area contributed by atoms with Gasteiger partial charge in [0, 0.05) is 17.9 Å². The number of carboxylic acid groups (broad SMARTS) is 1. The highest BCUT2D eigenvalue weighted by Gasteiger charge is 2.46. The number of rotatable bonds is 12. The highest BCUT2D eigenvalue weighted by Crippen LogP contribution is 2.46. The molecule has 3 aromatic rings. The van der Waals surface area contributed by atoms with Gasteiger partial charge in [0.25, 0.3) is 0 Å². The highest BCUT2D eigenvalue weighted by atomic mass is 16.4. The van der Waals surface area contributed by atoms with Crippen molar-refractivity contribution in [3.63, 3.8) is 0 Å². The zero-order chi connectivity index (χ0) is 27.0. The Morgan fingerprint density at radius 3 is 1.76 bits per heavy atom. The van der Waals surface area contributed by atoms with E-state index in [4.69, 9.17) is 0 Å². The normalized spacial score (nSPS) is 15.0. The van der Waals surface area contributed by atoms with Crippen LogP contribution in [0.5, 0.6) is 0 Å². The Morgan fingerprint density at radius 2 is 1.30 bits per heavy atom. The van der Waals surface area contributed by atoms with Crippen LogP contribution in [-0.2, 0) is 15.0 Å². The predicted octanol–water partition coefficient (Wildman–Crippen LogP) is 5.84. The van der Waals surface area contributed by atoms with Gasteiger partial charge in [-0.1, -0.05) is 112 Å². The van der Waals surface area contributed by atoms with Crippen LogP contribution in [0.2, 0.25) is 0 Å². The number of carbonyl (C=O) groups is 2. The van der Waals surface area contributed by atoms with Crippen LogP contribution in [-0.4, -0.2) is 17.9 Å². The lowest BCUT2D eigenvalue weighted by molar-refractivity contribution is -0.315. The van der Waals surface area contributed by atoms with E-state index in [0.717, 1.165) is 17.5 Å². The number of carboxylic acids is 1. The maximum absolute atomic E-state index is 14.0. The van der Waals surface area contributed by atoms with Gasteiger partial charge in [0.1, 0.15) is 0 Å². The average molecular weight is 499 g/mol. The number of carbonyl (C=O) groups excluding carboxylic acids is 2. The minimum Gasteiger partial charge on any atom is -0.550 e. The number of amides is 1. The molecule has 0 aromatic heterocycles. The number of nitrogens with one attached hydrogen (secondary N) is 1. The van der Waals surface area contributed by atoms with Gasteiger partial charge in [0.15, 0.2) is 0 Å². The molecule has 0 bridgehead atoms. The van der Waals surface area contributed by atoms with Gasteiger partial charge in [-0.2, -0.15) is 0 Å². The third-order valence-electron chi connectivity index (χ3n) is 7.61. The molecule has 0 spiro atoms. The van der Waals surface area contributed by atoms with Gasteiger partial charge in [0.2, 0.25) is 5.91 Å². The van der Waals surface area contributed by atoms with Gasteiger partial charge >= 0.3 is 0 Å². The van der Waals surface area contributed by atoms with Crippen molar-refractivity contribution >= 4 is 11.9 Å². The Hall–Kier alpha value is -3.40. The zero-order valence-electron chi connectivity index (χ0n) is 22.7. The molecule has 0 aliphatic carbocycles. The van der Waals surface area contributed by atoms with Gasteiger partial charge in [-0.3, -0.25) is 4.79 Å². The fourth-order valence-corrected chi connectivity index (χ4v) is 5.64. The quantitative estimate of drug-likeness (QED) is 0.341. The van der Waals surface area contributed by atoms with Crippen LogP contribution in [0, 0.1) is 11.8 Å². The summed E-state index contributed by atoms with van der Waals surface area (Å²) < 4.78 is 0. The Balaban J connectivity index is 2.20. The van der Waals surface area contributed by atoms with Gasteiger partial charge in [0.05, 0.1) is 5.92 Å². The van der Waals surface area contributed by atoms with E-state index in [0.29, 0.717) is 6.42 Å². The third-order valence-corrected chi connectivity index (χ3v) is 7.61. The number of hydrogen-bond acceptors (Lipinski definition) is 3. The molecule has 0 saturated carbocycles. The fraction of sp³-hybridized carbons (Fsp3) is 0.394. The van der Waals surface area contributed by atoms with Crippen molar-refractivity contribution in [3.8, 4) is 0 Å². The van der Waals surface area contributed by atoms with Crippen molar-refractivity contribution in [1.29, 1.82) is 0 Å². The first-order valence-electron chi connectivity index (χ1n) is 13.3. The topological polar surface area (TPSA) is 69.2 Å². The average Bonchev–Trinajstić information content (AvgIpc) is 2.89. The first-order valence-corrected chi connectivity index (χ1v) is 13.3. The molecule has 4 heteroatoms. The molecule has 4 nitrogen and oxygen atoms in total. The molecular formula is C33H40NO3-. The molecule has 0 aliphatic rings. The molecule has 0 saturated heterocycles. The Morgan fingerprint density at radius 1 is 0.811 bits per heavy atom. The standard InChI is InChI=1S/C33H41NO3/c1-6-24(25-16-10-7-11-17-25)22-28(26-18-12-8-13-19-26)29(31(35)34-23(2)3)30(32(36)37)33(4,5)27-20-14-9-15-21-27/h7-21,23-24,28-30H,6,22H2,1-5H3,(H,34,35)(H,36,37)/p-1. The van der Waals surface area contributed by atoms with E-state index < -0.39 is 23.2 Å². The summed E-state index contributed by atoms with van der Waals surface area (Å²) in [6, 6.07) is 29.6. The number of benzene rings is 3. The van der Waals surface area contributed by atoms with Gasteiger partial charge in [-0.25, -0.2) is 0 Å². The van der Waals surface area contributed by atoms with E-state index >= 15 is 0 Å². The van der Waals surface area contributed by atoms with Crippen LogP contribution < -0.4 is 10.4 Å². The molecular weight excluding hydrogens is 458 g/mol. The lowest BCUT2D eigenvalue weighted by Gasteiger charge is -2.44. The van der Waals surface area contributed by atoms with Gasteiger partial charge in [-0.05, 0) is 60.6 Å². The molecule has 4 unspecified atom stereocenters. The Kier molecular flexibility index (Phi) is 9.68. The van der Waals surface area contributed by atoms with E-state index in [9.17, 15) is 14.7 Å². The van der Waals surface area contributed by atoms with Crippen molar-refractivity contribution in [2.75, 3.05) is 0 Å². The van der Waals surface area contributed by atoms with E-state index in [2.05, 4.69) is 24.4 Å². The van der Waals surface area contributed by atoms with Crippen molar-refractivity contribution in [1.82, 2.24) is 5.32 Å². The van der Waals surface area contributed by atoms with Crippen molar-refractivity contribution in [3.05, 3.63) is 108 Å². The van der Waals surface area contributed by atoms with Crippen LogP contribution in [0.3, 0.4) is 0 Å². The summed E-state index contributed by atoms with van der Waals surface area (Å²) in [7, 11) is 0. The Labute approximate surface area is 222 Å². The molecule has 0 fully saturated rings. The highest BCUT2D eigenvalue weighted by molar-refractivity contribution is 5.86. The minimum atomic E-state index is -1.20. The second kappa shape index (κ2) is 12.7. The molecule has 1 N–H and O–H groups in total. The number of hydrogen-bond donors (Lipinski definition) is 1. The van der Waals surface area contributed by atoms with Gasteiger partial charge in [-0.15, -0.1) is 0 Å². The summed E-state index contributed by atoms with van der Waals surface area (Å²) in [5.41, 5.74) is 2.19. The summed E-state index contributed by atoms with van der Waals surface area (Å²) in [5.74, 6) is -3.48. The van der Waals surface area contributed by atoms with Crippen LogP contribution in [0.25, 0.3) is 0 Å². The second-order valence-electron chi connectivity index (χ2n) is 10.8. The lowest BCUT2D eigenvalue weighted by atomic mass is 9.62. The van der Waals surface area contributed by atoms with Crippen LogP contribution in [0.15, 0.2) is 91.0 Å². The molecule has 0 aliphatic heterocycles. The summed E-state index contributed by atoms with van der Waals surface area (Å²) in [6.45, 7) is 9.78. The first kappa shape index (κ1) is 28.2. The second-order valence-corrected chi connectivity index (χ2v) is 10.8. The summed E-state index contributed by atoms with van der Waals surface area (Å²) in [5, 5.41) is 16.1. The largest absolute Gasteiger partial charge is 0.550 e. The maximum atomic E-state index is 14.0. The molecule has 4 atom stereocenters. The maximum Gasteiger partial charge on any atom is 0.224 e. The molecule has 0 radical (unpaired) electrons. The first-order chi connectivity index (χ1) is 17.7. The molecule has 196 valence electrons. The van der Waals surface area contributed by atoms with Crippen molar-refractivity contribution in [2.45, 2.75) is 70.8 Å². The van der Waals surface area contributed by atoms with Crippen LogP contribution >= 0.6 is 0 Å². The van der Waals surface area contributed by atoms with E-state index in [1.54, 1.807) is 0 Å². The monoisotopic (exact) mass is 498 g/mol. The Bertz CT molecular complexity index is 1130. The summed E-state index contributed by atoms with van der Waals surface area (Å²) in [6.07, 6.45) is 1.53. The zero-order valence-corrected chi connectivity index (χ0v) is 22.7. The fourth-order valence-electron chi connectivity index (χ4n) is 5.64. The van der Waals surface area contributed by atoms with Gasteiger partial charge < -0.3 is 15.2 Å². The molecule has 1 amide bonds. The molecule has 3 rings (SSSR count). The minimum absolute atomic E-state index is 0.121. The molecule has 3 aromatic carbocycles. The van der Waals surface area contributed by atoms with Crippen LogP contribution in [0.1, 0.15) is 76.0 Å². The third kappa shape index (κ3) is 6.88. The summed E-state index contributed by atoms with van der Waals surface area (Å²) in [4.78, 5) is 27.0. The van der Waals surface area contributed by atoms with E-state index in [1.165, 1.54) is 5.56 Å². The van der Waals surface area contributed by atoms with E-state index in [-0.39, 0.29) is 23.8 Å². The van der Waals surface area contributed by atoms with Crippen LogP contribution in [0.4, 0.5) is 0 Å². The van der Waals surface area contributed by atoms with Crippen molar-refractivity contribution in [2.24, 2.45) is 11.8 Å². The molecule has 0 heterocycles. The van der Waals surface area contributed by atoms with E-state index in [1.807, 2.05) is 107 Å². The lowest BCUT2D eigenvalue weighted by Crippen LogP contribution is -2.53. The SMILES string of the molecule is CCC(CC(c1ccccc1)C(C(=O)NC(C)C)C(C(=O)[O-])C(C)(C)c1ccccc1)c1ccccc1. The molecule has 37 heavy (non-hydrogen) atoms. The van der Waals surface area contributed by atoms with Crippen molar-refractivity contribution < 1.29 is 14.7 Å². The summed E-state index contributed by atoms with van der Waals surface area (Å²) >= 11 is 0. The smallest absolute Gasteiger partial charge is 0.224 e.